The first kappa shape index (κ1) is 11.5. The highest BCUT2D eigenvalue weighted by molar-refractivity contribution is 7.94. The Bertz CT molecular complexity index is 536. The Kier molecular flexibility index (Phi) is 3.28. The van der Waals surface area contributed by atoms with Gasteiger partial charge >= 0.3 is 0 Å². The first-order chi connectivity index (χ1) is 6.97. The number of nitrogens with zero attached hydrogens (tertiary/aromatic N) is 1. The number of nitriles is 1. The van der Waals surface area contributed by atoms with Crippen LogP contribution in [0.5, 0.6) is 0 Å². The molecule has 3 nitrogen and oxygen atoms in total. The van der Waals surface area contributed by atoms with Crippen LogP contribution in [-0.2, 0) is 9.84 Å². The summed E-state index contributed by atoms with van der Waals surface area (Å²) in [5.74, 6) is 0. The van der Waals surface area contributed by atoms with Gasteiger partial charge in [0.2, 0.25) is 9.84 Å². The molecule has 1 rings (SSSR count). The van der Waals surface area contributed by atoms with Crippen molar-refractivity contribution in [2.45, 2.75) is 18.7 Å². The second-order valence-electron chi connectivity index (χ2n) is 3.22. The highest BCUT2D eigenvalue weighted by Gasteiger charge is 2.10. The maximum absolute atomic E-state index is 11.6. The van der Waals surface area contributed by atoms with Crippen LogP contribution in [0.3, 0.4) is 0 Å². The molecule has 0 aliphatic rings. The minimum atomic E-state index is -3.46. The third-order valence-electron chi connectivity index (χ3n) is 2.13. The third-order valence-corrected chi connectivity index (χ3v) is 3.53. The molecule has 0 aliphatic heterocycles. The molecule has 0 aliphatic carbocycles. The third kappa shape index (κ3) is 2.67. The van der Waals surface area contributed by atoms with Crippen LogP contribution >= 0.6 is 0 Å². The van der Waals surface area contributed by atoms with Crippen LogP contribution in [0.25, 0.3) is 0 Å². The molecule has 0 atom stereocenters. The van der Waals surface area contributed by atoms with Crippen molar-refractivity contribution in [2.75, 3.05) is 0 Å². The van der Waals surface area contributed by atoms with E-state index in [1.807, 2.05) is 13.8 Å². The first-order valence-corrected chi connectivity index (χ1v) is 5.90. The lowest BCUT2D eigenvalue weighted by Crippen LogP contribution is -1.97. The quantitative estimate of drug-likeness (QED) is 0.719. The largest absolute Gasteiger partial charge is 0.219 e. The average Bonchev–Trinajstić information content (AvgIpc) is 2.19. The Morgan fingerprint density at radius 1 is 1.27 bits per heavy atom. The number of hydrogen-bond acceptors (Lipinski definition) is 3. The summed E-state index contributed by atoms with van der Waals surface area (Å²) in [6.45, 7) is 3.76. The topological polar surface area (TPSA) is 57.9 Å². The molecule has 0 fully saturated rings. The molecule has 1 aromatic carbocycles. The fourth-order valence-corrected chi connectivity index (χ4v) is 2.09. The van der Waals surface area contributed by atoms with Crippen molar-refractivity contribution in [2.24, 2.45) is 0 Å². The van der Waals surface area contributed by atoms with Gasteiger partial charge in [0, 0.05) is 11.5 Å². The Hall–Kier alpha value is -1.60. The van der Waals surface area contributed by atoms with E-state index in [4.69, 9.17) is 5.26 Å². The van der Waals surface area contributed by atoms with E-state index in [-0.39, 0.29) is 4.90 Å². The predicted molar refractivity (Wildman–Crippen MR) is 57.9 cm³/mol. The Balaban J connectivity index is 3.24. The van der Waals surface area contributed by atoms with Gasteiger partial charge in [-0.3, -0.25) is 0 Å². The van der Waals surface area contributed by atoms with Crippen molar-refractivity contribution in [3.63, 3.8) is 0 Å². The number of rotatable bonds is 2. The molecule has 0 amide bonds. The molecule has 4 heteroatoms. The van der Waals surface area contributed by atoms with Gasteiger partial charge in [0.05, 0.1) is 11.0 Å². The minimum Gasteiger partial charge on any atom is -0.219 e. The molecule has 0 spiro atoms. The molecule has 0 heterocycles. The zero-order valence-corrected chi connectivity index (χ0v) is 9.38. The van der Waals surface area contributed by atoms with Gasteiger partial charge < -0.3 is 0 Å². The zero-order valence-electron chi connectivity index (χ0n) is 8.56. The van der Waals surface area contributed by atoms with E-state index < -0.39 is 9.84 Å². The zero-order chi connectivity index (χ0) is 11.5. The molecular formula is C11H11NO2S. The molecule has 15 heavy (non-hydrogen) atoms. The van der Waals surface area contributed by atoms with Gasteiger partial charge in [-0.2, -0.15) is 5.26 Å². The summed E-state index contributed by atoms with van der Waals surface area (Å²) in [6.07, 6.45) is 0.963. The molecule has 0 N–H and O–H groups in total. The highest BCUT2D eigenvalue weighted by Crippen LogP contribution is 2.16. The summed E-state index contributed by atoms with van der Waals surface area (Å²) in [5, 5.41) is 9.19. The summed E-state index contributed by atoms with van der Waals surface area (Å²) in [4.78, 5) is 0.220. The van der Waals surface area contributed by atoms with Gasteiger partial charge in [-0.1, -0.05) is 6.07 Å². The highest BCUT2D eigenvalue weighted by atomic mass is 32.2. The molecule has 0 bridgehead atoms. The SMILES string of the molecule is Cc1ccc(S(=O)(=O)/C=C/C#N)cc1C. The van der Waals surface area contributed by atoms with E-state index in [2.05, 4.69) is 0 Å². The lowest BCUT2D eigenvalue weighted by molar-refractivity contribution is 0.604. The van der Waals surface area contributed by atoms with Crippen LogP contribution in [-0.4, -0.2) is 8.42 Å². The smallest absolute Gasteiger partial charge is 0.200 e. The van der Waals surface area contributed by atoms with Crippen molar-refractivity contribution in [1.29, 1.82) is 5.26 Å². The van der Waals surface area contributed by atoms with Gasteiger partial charge in [0.1, 0.15) is 0 Å². The molecule has 1 aromatic rings. The van der Waals surface area contributed by atoms with Crippen molar-refractivity contribution in [3.05, 3.63) is 40.8 Å². The van der Waals surface area contributed by atoms with Gasteiger partial charge in [-0.05, 0) is 37.1 Å². The number of aryl methyl sites for hydroxylation is 2. The van der Waals surface area contributed by atoms with Crippen molar-refractivity contribution in [1.82, 2.24) is 0 Å². The van der Waals surface area contributed by atoms with Crippen LogP contribution in [0.1, 0.15) is 11.1 Å². The van der Waals surface area contributed by atoms with E-state index in [1.54, 1.807) is 24.3 Å². The summed E-state index contributed by atoms with van der Waals surface area (Å²) >= 11 is 0. The van der Waals surface area contributed by atoms with Crippen molar-refractivity contribution >= 4 is 9.84 Å². The van der Waals surface area contributed by atoms with Crippen molar-refractivity contribution < 1.29 is 8.42 Å². The predicted octanol–water partition coefficient (Wildman–Crippen LogP) is 2.11. The van der Waals surface area contributed by atoms with Crippen LogP contribution < -0.4 is 0 Å². The molecule has 0 radical (unpaired) electrons. The molecular weight excluding hydrogens is 210 g/mol. The Labute approximate surface area is 89.6 Å². The molecule has 0 saturated heterocycles. The molecule has 0 saturated carbocycles. The van der Waals surface area contributed by atoms with Crippen LogP contribution in [0.4, 0.5) is 0 Å². The average molecular weight is 221 g/mol. The monoisotopic (exact) mass is 221 g/mol. The van der Waals surface area contributed by atoms with Gasteiger partial charge in [0.15, 0.2) is 0 Å². The van der Waals surface area contributed by atoms with E-state index in [1.165, 1.54) is 0 Å². The molecule has 0 aromatic heterocycles. The second-order valence-corrected chi connectivity index (χ2v) is 5.06. The van der Waals surface area contributed by atoms with Crippen LogP contribution in [0.2, 0.25) is 0 Å². The summed E-state index contributed by atoms with van der Waals surface area (Å²) in [5.41, 5.74) is 1.96. The van der Waals surface area contributed by atoms with Crippen LogP contribution in [0.15, 0.2) is 34.6 Å². The van der Waals surface area contributed by atoms with E-state index in [9.17, 15) is 8.42 Å². The van der Waals surface area contributed by atoms with Gasteiger partial charge in [-0.25, -0.2) is 8.42 Å². The molecule has 0 unspecified atom stereocenters. The fraction of sp³-hybridized carbons (Fsp3) is 0.182. The maximum atomic E-state index is 11.6. The number of allylic oxidation sites excluding steroid dienone is 1. The normalized spacial score (nSPS) is 11.5. The second kappa shape index (κ2) is 4.28. The van der Waals surface area contributed by atoms with E-state index in [0.29, 0.717) is 0 Å². The lowest BCUT2D eigenvalue weighted by Gasteiger charge is -2.02. The fourth-order valence-electron chi connectivity index (χ4n) is 1.09. The lowest BCUT2D eigenvalue weighted by atomic mass is 10.1. The first-order valence-electron chi connectivity index (χ1n) is 4.36. The van der Waals surface area contributed by atoms with E-state index >= 15 is 0 Å². The molecule has 78 valence electrons. The summed E-state index contributed by atoms with van der Waals surface area (Å²) in [6, 6.07) is 6.56. The standard InChI is InChI=1S/C11H11NO2S/c1-9-4-5-11(8-10(9)2)15(13,14)7-3-6-12/h3-5,7-8H,1-2H3/b7-3+. The number of benzene rings is 1. The van der Waals surface area contributed by atoms with Gasteiger partial charge in [0.25, 0.3) is 0 Å². The Morgan fingerprint density at radius 3 is 2.47 bits per heavy atom. The van der Waals surface area contributed by atoms with Crippen LogP contribution in [0, 0.1) is 25.2 Å². The maximum Gasteiger partial charge on any atom is 0.200 e. The summed E-state index contributed by atoms with van der Waals surface area (Å²) < 4.78 is 23.2. The number of sulfone groups is 1. The number of hydrogen-bond donors (Lipinski definition) is 0. The Morgan fingerprint density at radius 2 is 1.93 bits per heavy atom. The van der Waals surface area contributed by atoms with Crippen molar-refractivity contribution in [3.8, 4) is 6.07 Å². The summed E-state index contributed by atoms with van der Waals surface area (Å²) in [7, 11) is -3.46. The van der Waals surface area contributed by atoms with E-state index in [0.717, 1.165) is 22.6 Å². The van der Waals surface area contributed by atoms with Gasteiger partial charge in [-0.15, -0.1) is 0 Å². The minimum absolute atomic E-state index is 0.220.